The lowest BCUT2D eigenvalue weighted by atomic mass is 9.63. The van der Waals surface area contributed by atoms with Crippen molar-refractivity contribution in [2.45, 2.75) is 74.4 Å². The zero-order chi connectivity index (χ0) is 28.4. The van der Waals surface area contributed by atoms with Crippen LogP contribution in [0.3, 0.4) is 0 Å². The number of nitrogens with zero attached hydrogens (tertiary/aromatic N) is 1. The van der Waals surface area contributed by atoms with E-state index in [1.807, 2.05) is 0 Å². The number of benzene rings is 2. The van der Waals surface area contributed by atoms with Gasteiger partial charge in [-0.2, -0.15) is 13.2 Å². The van der Waals surface area contributed by atoms with Gasteiger partial charge in [-0.3, -0.25) is 4.79 Å². The van der Waals surface area contributed by atoms with Crippen molar-refractivity contribution in [3.8, 4) is 0 Å². The number of alkyl halides is 4. The Morgan fingerprint density at radius 2 is 1.69 bits per heavy atom. The molecule has 1 unspecified atom stereocenters. The molecule has 2 heterocycles. The SMILES string of the molecule is CC(F)(c1ccc2c(c1)CC[C@H]1N(C(=O)C3(O)CCS(=O)(=O)CC3)CC[C@@]21Cc1ccc(F)cc1)C(F)(F)F. The average Bonchev–Trinajstić information content (AvgIpc) is 3.25. The summed E-state index contributed by atoms with van der Waals surface area (Å²) in [6.45, 7) is 0.750. The second kappa shape index (κ2) is 9.26. The molecule has 212 valence electrons. The highest BCUT2D eigenvalue weighted by molar-refractivity contribution is 7.91. The quantitative estimate of drug-likeness (QED) is 0.547. The third-order valence-electron chi connectivity index (χ3n) is 8.96. The van der Waals surface area contributed by atoms with Crippen LogP contribution in [-0.2, 0) is 38.6 Å². The Morgan fingerprint density at radius 3 is 2.31 bits per heavy atom. The highest BCUT2D eigenvalue weighted by Gasteiger charge is 2.57. The lowest BCUT2D eigenvalue weighted by molar-refractivity contribution is -0.228. The maximum Gasteiger partial charge on any atom is 0.426 e. The van der Waals surface area contributed by atoms with Gasteiger partial charge >= 0.3 is 6.18 Å². The van der Waals surface area contributed by atoms with Gasteiger partial charge in [0.15, 0.2) is 9.84 Å². The highest BCUT2D eigenvalue weighted by atomic mass is 32.2. The van der Waals surface area contributed by atoms with Crippen LogP contribution in [0, 0.1) is 5.82 Å². The molecular weight excluding hydrogens is 541 g/mol. The van der Waals surface area contributed by atoms with Crippen LogP contribution in [0.15, 0.2) is 42.5 Å². The minimum Gasteiger partial charge on any atom is -0.380 e. The summed E-state index contributed by atoms with van der Waals surface area (Å²) < 4.78 is 92.7. The lowest BCUT2D eigenvalue weighted by Gasteiger charge is -2.45. The van der Waals surface area contributed by atoms with Gasteiger partial charge < -0.3 is 10.0 Å². The number of halogens is 5. The summed E-state index contributed by atoms with van der Waals surface area (Å²) in [5.74, 6) is -1.55. The number of sulfone groups is 1. The number of rotatable bonds is 4. The maximum atomic E-state index is 14.8. The number of hydrogen-bond donors (Lipinski definition) is 1. The molecule has 0 saturated carbocycles. The predicted octanol–water partition coefficient (Wildman–Crippen LogP) is 4.54. The van der Waals surface area contributed by atoms with Crippen LogP contribution in [-0.4, -0.2) is 60.2 Å². The molecule has 2 saturated heterocycles. The van der Waals surface area contributed by atoms with Gasteiger partial charge in [-0.15, -0.1) is 0 Å². The average molecular weight is 572 g/mol. The van der Waals surface area contributed by atoms with Gasteiger partial charge in [0.2, 0.25) is 5.67 Å². The molecule has 5 rings (SSSR count). The Kier molecular flexibility index (Phi) is 6.65. The number of amides is 1. The van der Waals surface area contributed by atoms with E-state index in [-0.39, 0.29) is 30.9 Å². The van der Waals surface area contributed by atoms with Crippen LogP contribution in [0.25, 0.3) is 0 Å². The highest BCUT2D eigenvalue weighted by Crippen LogP contribution is 2.51. The van der Waals surface area contributed by atoms with Crippen molar-refractivity contribution in [1.82, 2.24) is 4.90 Å². The van der Waals surface area contributed by atoms with E-state index >= 15 is 0 Å². The molecule has 2 aromatic rings. The van der Waals surface area contributed by atoms with Gasteiger partial charge in [-0.05, 0) is 79.8 Å². The summed E-state index contributed by atoms with van der Waals surface area (Å²) >= 11 is 0. The molecule has 0 spiro atoms. The molecule has 2 aliphatic heterocycles. The van der Waals surface area contributed by atoms with E-state index in [0.29, 0.717) is 43.7 Å². The number of carbonyl (C=O) groups excluding carboxylic acids is 1. The molecule has 2 aromatic carbocycles. The van der Waals surface area contributed by atoms with E-state index in [0.717, 1.165) is 11.6 Å². The van der Waals surface area contributed by atoms with Crippen molar-refractivity contribution >= 4 is 15.7 Å². The summed E-state index contributed by atoms with van der Waals surface area (Å²) in [5.41, 5.74) is -4.57. The first kappa shape index (κ1) is 28.0. The van der Waals surface area contributed by atoms with E-state index in [9.17, 15) is 40.3 Å². The topological polar surface area (TPSA) is 74.7 Å². The Balaban J connectivity index is 1.55. The largest absolute Gasteiger partial charge is 0.426 e. The molecule has 1 amide bonds. The first-order valence-electron chi connectivity index (χ1n) is 13.0. The fraction of sp³-hybridized carbons (Fsp3) is 0.536. The summed E-state index contributed by atoms with van der Waals surface area (Å²) in [4.78, 5) is 15.3. The third-order valence-corrected chi connectivity index (χ3v) is 10.6. The molecule has 0 aromatic heterocycles. The zero-order valence-electron chi connectivity index (χ0n) is 21.4. The van der Waals surface area contributed by atoms with Crippen molar-refractivity contribution in [3.05, 3.63) is 70.5 Å². The molecule has 1 aliphatic carbocycles. The van der Waals surface area contributed by atoms with Gasteiger partial charge in [-0.25, -0.2) is 17.2 Å². The van der Waals surface area contributed by atoms with E-state index in [1.54, 1.807) is 17.0 Å². The Hall–Kier alpha value is -2.53. The lowest BCUT2D eigenvalue weighted by Crippen LogP contribution is -2.57. The fourth-order valence-corrected chi connectivity index (χ4v) is 8.09. The summed E-state index contributed by atoms with van der Waals surface area (Å²) in [6.07, 6.45) is -4.05. The first-order chi connectivity index (χ1) is 18.1. The van der Waals surface area contributed by atoms with Crippen LogP contribution >= 0.6 is 0 Å². The van der Waals surface area contributed by atoms with Gasteiger partial charge in [0, 0.05) is 18.0 Å². The van der Waals surface area contributed by atoms with Crippen molar-refractivity contribution < 1.29 is 40.3 Å². The van der Waals surface area contributed by atoms with Crippen molar-refractivity contribution in [2.75, 3.05) is 18.1 Å². The zero-order valence-corrected chi connectivity index (χ0v) is 22.2. The molecule has 5 nitrogen and oxygen atoms in total. The van der Waals surface area contributed by atoms with E-state index in [1.165, 1.54) is 24.3 Å². The number of fused-ring (bicyclic) bond motifs is 3. The van der Waals surface area contributed by atoms with E-state index in [4.69, 9.17) is 0 Å². The van der Waals surface area contributed by atoms with E-state index < -0.39 is 56.0 Å². The predicted molar refractivity (Wildman–Crippen MR) is 134 cm³/mol. The van der Waals surface area contributed by atoms with Gasteiger partial charge in [0.1, 0.15) is 11.4 Å². The Morgan fingerprint density at radius 1 is 1.05 bits per heavy atom. The minimum absolute atomic E-state index is 0.200. The molecule has 0 bridgehead atoms. The van der Waals surface area contributed by atoms with Gasteiger partial charge in [0.25, 0.3) is 5.91 Å². The molecule has 3 atom stereocenters. The second-order valence-electron chi connectivity index (χ2n) is 11.3. The molecule has 3 aliphatic rings. The normalized spacial score (nSPS) is 27.4. The molecule has 2 fully saturated rings. The molecular formula is C28H30F5NO4S. The summed E-state index contributed by atoms with van der Waals surface area (Å²) in [6, 6.07) is 9.35. The van der Waals surface area contributed by atoms with Crippen LogP contribution in [0.2, 0.25) is 0 Å². The smallest absolute Gasteiger partial charge is 0.380 e. The number of aryl methyl sites for hydroxylation is 1. The van der Waals surface area contributed by atoms with Crippen molar-refractivity contribution in [3.63, 3.8) is 0 Å². The van der Waals surface area contributed by atoms with Crippen LogP contribution in [0.4, 0.5) is 22.0 Å². The standard InChI is InChI=1S/C28H30F5NO4S/c1-25(30,28(31,32)33)20-5-8-22-19(16-20)4-9-23-26(22,17-18-2-6-21(29)7-3-18)10-13-34(23)24(35)27(36)11-14-39(37,38)15-12-27/h2-3,5-8,16,23,36H,4,9-15,17H2,1H3/t23-,25?,26-/m1/s1. The second-order valence-corrected chi connectivity index (χ2v) is 13.6. The molecule has 11 heteroatoms. The van der Waals surface area contributed by atoms with Gasteiger partial charge in [0.05, 0.1) is 11.5 Å². The Labute approximate surface area is 223 Å². The molecule has 39 heavy (non-hydrogen) atoms. The van der Waals surface area contributed by atoms with Gasteiger partial charge in [-0.1, -0.05) is 30.3 Å². The summed E-state index contributed by atoms with van der Waals surface area (Å²) in [7, 11) is -3.33. The number of carbonyl (C=O) groups is 1. The molecule has 0 radical (unpaired) electrons. The molecule has 1 N–H and O–H groups in total. The number of hydrogen-bond acceptors (Lipinski definition) is 4. The Bertz CT molecular complexity index is 1380. The van der Waals surface area contributed by atoms with Crippen molar-refractivity contribution in [2.24, 2.45) is 0 Å². The number of likely N-dealkylation sites (tertiary alicyclic amines) is 1. The van der Waals surface area contributed by atoms with Crippen LogP contribution in [0.5, 0.6) is 0 Å². The fourth-order valence-electron chi connectivity index (χ4n) is 6.59. The monoisotopic (exact) mass is 571 g/mol. The van der Waals surface area contributed by atoms with Crippen LogP contribution in [0.1, 0.15) is 54.9 Å². The first-order valence-corrected chi connectivity index (χ1v) is 14.8. The van der Waals surface area contributed by atoms with Crippen LogP contribution < -0.4 is 0 Å². The minimum atomic E-state index is -5.09. The third kappa shape index (κ3) is 4.75. The number of aliphatic hydroxyl groups is 1. The maximum absolute atomic E-state index is 14.8. The van der Waals surface area contributed by atoms with Crippen molar-refractivity contribution in [1.29, 1.82) is 0 Å². The van der Waals surface area contributed by atoms with E-state index in [2.05, 4.69) is 0 Å². The summed E-state index contributed by atoms with van der Waals surface area (Å²) in [5, 5.41) is 11.2.